The van der Waals surface area contributed by atoms with Crippen molar-refractivity contribution in [2.75, 3.05) is 5.32 Å². The summed E-state index contributed by atoms with van der Waals surface area (Å²) < 4.78 is 11.4. The zero-order chi connectivity index (χ0) is 18.8. The van der Waals surface area contributed by atoms with Crippen LogP contribution in [0.3, 0.4) is 0 Å². The molecule has 27 heavy (non-hydrogen) atoms. The lowest BCUT2D eigenvalue weighted by molar-refractivity contribution is -0.122. The van der Waals surface area contributed by atoms with E-state index in [0.717, 1.165) is 11.3 Å². The number of amides is 2. The predicted octanol–water partition coefficient (Wildman–Crippen LogP) is 2.98. The van der Waals surface area contributed by atoms with Crippen molar-refractivity contribution in [3.05, 3.63) is 53.1 Å². The van der Waals surface area contributed by atoms with Crippen LogP contribution in [-0.4, -0.2) is 22.9 Å². The molecule has 8 heteroatoms. The monoisotopic (exact) mass is 383 g/mol. The predicted molar refractivity (Wildman–Crippen MR) is 101 cm³/mol. The average molecular weight is 383 g/mol. The van der Waals surface area contributed by atoms with Gasteiger partial charge in [0.2, 0.25) is 5.91 Å². The van der Waals surface area contributed by atoms with Crippen LogP contribution in [0.4, 0.5) is 5.13 Å². The van der Waals surface area contributed by atoms with Crippen molar-refractivity contribution in [3.63, 3.8) is 0 Å². The van der Waals surface area contributed by atoms with Crippen molar-refractivity contribution in [3.8, 4) is 17.2 Å². The first kappa shape index (κ1) is 17.3. The molecule has 0 radical (unpaired) electrons. The molecular weight excluding hydrogens is 366 g/mol. The van der Waals surface area contributed by atoms with Gasteiger partial charge in [0.1, 0.15) is 17.2 Å². The maximum Gasteiger partial charge on any atom is 0.267 e. The Morgan fingerprint density at radius 1 is 1.26 bits per heavy atom. The average Bonchev–Trinajstić information content (AvgIpc) is 3.38. The second-order valence-corrected chi connectivity index (χ2v) is 6.98. The number of hydrogen-bond donors (Lipinski definition) is 2. The van der Waals surface area contributed by atoms with Crippen LogP contribution in [-0.2, 0) is 22.6 Å². The van der Waals surface area contributed by atoms with Crippen LogP contribution in [0.5, 0.6) is 5.75 Å². The van der Waals surface area contributed by atoms with Gasteiger partial charge in [-0.05, 0) is 23.8 Å². The summed E-state index contributed by atoms with van der Waals surface area (Å²) in [4.78, 5) is 27.8. The van der Waals surface area contributed by atoms with E-state index in [1.54, 1.807) is 17.5 Å². The Morgan fingerprint density at radius 3 is 2.93 bits per heavy atom. The Balaban J connectivity index is 1.38. The quantitative estimate of drug-likeness (QED) is 0.706. The number of para-hydroxylation sites is 1. The molecule has 3 heterocycles. The number of fused-ring (bicyclic) bond motifs is 1. The number of furan rings is 1. The van der Waals surface area contributed by atoms with E-state index in [1.165, 1.54) is 18.3 Å². The van der Waals surface area contributed by atoms with Gasteiger partial charge in [0, 0.05) is 18.7 Å². The second kappa shape index (κ2) is 7.24. The highest BCUT2D eigenvalue weighted by Crippen LogP contribution is 2.30. The van der Waals surface area contributed by atoms with Crippen molar-refractivity contribution >= 4 is 28.3 Å². The van der Waals surface area contributed by atoms with Gasteiger partial charge in [0.15, 0.2) is 17.0 Å². The van der Waals surface area contributed by atoms with E-state index >= 15 is 0 Å². The Labute approximate surface area is 159 Å². The number of carbonyl (C=O) groups is 2. The summed E-state index contributed by atoms with van der Waals surface area (Å²) in [6, 6.07) is 11.2. The number of benzene rings is 1. The fourth-order valence-corrected chi connectivity index (χ4v) is 3.48. The number of thiazole rings is 1. The van der Waals surface area contributed by atoms with Crippen molar-refractivity contribution < 1.29 is 18.7 Å². The first-order valence-electron chi connectivity index (χ1n) is 8.43. The largest absolute Gasteiger partial charge is 0.480 e. The molecule has 4 rings (SSSR count). The summed E-state index contributed by atoms with van der Waals surface area (Å²) in [5.74, 6) is 1.62. The van der Waals surface area contributed by atoms with Crippen molar-refractivity contribution in [2.24, 2.45) is 0 Å². The summed E-state index contributed by atoms with van der Waals surface area (Å²) in [6.45, 7) is 1.77. The van der Waals surface area contributed by atoms with E-state index in [4.69, 9.17) is 9.15 Å². The van der Waals surface area contributed by atoms with E-state index in [2.05, 4.69) is 15.6 Å². The van der Waals surface area contributed by atoms with Gasteiger partial charge in [-0.2, -0.15) is 0 Å². The molecular formula is C19H17N3O4S. The van der Waals surface area contributed by atoms with Gasteiger partial charge in [-0.3, -0.25) is 14.9 Å². The molecule has 0 saturated heterocycles. The summed E-state index contributed by atoms with van der Waals surface area (Å²) in [7, 11) is 0. The highest BCUT2D eigenvalue weighted by Gasteiger charge is 2.29. The Hall–Kier alpha value is -3.13. The number of anilines is 1. The third kappa shape index (κ3) is 3.85. The van der Waals surface area contributed by atoms with Gasteiger partial charge in [-0.25, -0.2) is 4.98 Å². The van der Waals surface area contributed by atoms with Gasteiger partial charge in [0.05, 0.1) is 6.54 Å². The molecule has 0 saturated carbocycles. The molecule has 1 aliphatic rings. The molecule has 2 aromatic heterocycles. The normalized spacial score (nSPS) is 15.1. The molecule has 2 amide bonds. The first-order valence-corrected chi connectivity index (χ1v) is 9.31. The van der Waals surface area contributed by atoms with Gasteiger partial charge in [-0.1, -0.05) is 18.2 Å². The van der Waals surface area contributed by atoms with Crippen molar-refractivity contribution in [2.45, 2.75) is 26.0 Å². The number of nitrogens with one attached hydrogen (secondary N) is 2. The van der Waals surface area contributed by atoms with Crippen LogP contribution in [0, 0.1) is 0 Å². The molecule has 2 N–H and O–H groups in total. The molecule has 7 nitrogen and oxygen atoms in total. The third-order valence-corrected chi connectivity index (χ3v) is 4.86. The van der Waals surface area contributed by atoms with Crippen LogP contribution < -0.4 is 15.4 Å². The zero-order valence-corrected chi connectivity index (χ0v) is 15.3. The number of rotatable bonds is 5. The van der Waals surface area contributed by atoms with Crippen LogP contribution in [0.15, 0.2) is 46.2 Å². The lowest BCUT2D eigenvalue weighted by Gasteiger charge is -2.09. The third-order valence-electron chi connectivity index (χ3n) is 4.10. The molecule has 1 aliphatic heterocycles. The van der Waals surface area contributed by atoms with Crippen LogP contribution in [0.1, 0.15) is 18.2 Å². The zero-order valence-electron chi connectivity index (χ0n) is 14.5. The van der Waals surface area contributed by atoms with Crippen LogP contribution in [0.2, 0.25) is 0 Å². The maximum atomic E-state index is 12.4. The summed E-state index contributed by atoms with van der Waals surface area (Å²) in [5.41, 5.74) is 1.65. The van der Waals surface area contributed by atoms with E-state index in [9.17, 15) is 9.59 Å². The standard InChI is InChI=1S/C19H17N3O4S/c1-11(23)20-9-13-6-7-16(25-13)14-10-27-19(21-14)22-18(24)17-8-12-4-2-3-5-15(12)26-17/h2-7,10,17H,8-9H2,1H3,(H,20,23)(H,21,22,24). The molecule has 0 fully saturated rings. The molecule has 0 bridgehead atoms. The summed E-state index contributed by atoms with van der Waals surface area (Å²) >= 11 is 1.31. The highest BCUT2D eigenvalue weighted by atomic mass is 32.1. The van der Waals surface area contributed by atoms with Gasteiger partial charge < -0.3 is 14.5 Å². The van der Waals surface area contributed by atoms with E-state index in [1.807, 2.05) is 24.3 Å². The number of hydrogen-bond acceptors (Lipinski definition) is 6. The maximum absolute atomic E-state index is 12.4. The highest BCUT2D eigenvalue weighted by molar-refractivity contribution is 7.14. The topological polar surface area (TPSA) is 93.5 Å². The molecule has 0 aliphatic carbocycles. The summed E-state index contributed by atoms with van der Waals surface area (Å²) in [6.07, 6.45) is -0.00657. The van der Waals surface area contributed by atoms with E-state index in [0.29, 0.717) is 35.3 Å². The second-order valence-electron chi connectivity index (χ2n) is 6.12. The van der Waals surface area contributed by atoms with Crippen molar-refractivity contribution in [1.29, 1.82) is 0 Å². The molecule has 1 atom stereocenters. The first-order chi connectivity index (χ1) is 13.1. The smallest absolute Gasteiger partial charge is 0.267 e. The molecule has 3 aromatic rings. The Bertz CT molecular complexity index is 969. The van der Waals surface area contributed by atoms with Crippen LogP contribution >= 0.6 is 11.3 Å². The van der Waals surface area contributed by atoms with Gasteiger partial charge >= 0.3 is 0 Å². The lowest BCUT2D eigenvalue weighted by atomic mass is 10.1. The molecule has 1 unspecified atom stereocenters. The SMILES string of the molecule is CC(=O)NCc1ccc(-c2csc(NC(=O)C3Cc4ccccc4O3)n2)o1. The Kier molecular flexibility index (Phi) is 4.64. The van der Waals surface area contributed by atoms with Crippen molar-refractivity contribution in [1.82, 2.24) is 10.3 Å². The number of ether oxygens (including phenoxy) is 1. The van der Waals surface area contributed by atoms with Crippen LogP contribution in [0.25, 0.3) is 11.5 Å². The summed E-state index contributed by atoms with van der Waals surface area (Å²) in [5, 5.41) is 7.76. The Morgan fingerprint density at radius 2 is 2.11 bits per heavy atom. The van der Waals surface area contributed by atoms with E-state index < -0.39 is 6.10 Å². The molecule has 1 aromatic carbocycles. The minimum Gasteiger partial charge on any atom is -0.480 e. The number of nitrogens with zero attached hydrogens (tertiary/aromatic N) is 1. The molecule has 0 spiro atoms. The number of carbonyl (C=O) groups excluding carboxylic acids is 2. The number of aromatic nitrogens is 1. The van der Waals surface area contributed by atoms with E-state index in [-0.39, 0.29) is 11.8 Å². The minimum absolute atomic E-state index is 0.122. The fourth-order valence-electron chi connectivity index (χ4n) is 2.78. The molecule has 138 valence electrons. The lowest BCUT2D eigenvalue weighted by Crippen LogP contribution is -2.31. The fraction of sp³-hybridized carbons (Fsp3) is 0.211. The minimum atomic E-state index is -0.553. The van der Waals surface area contributed by atoms with Gasteiger partial charge in [0.25, 0.3) is 5.91 Å². The van der Waals surface area contributed by atoms with Gasteiger partial charge in [-0.15, -0.1) is 11.3 Å².